The van der Waals surface area contributed by atoms with Crippen LogP contribution in [0.1, 0.15) is 90.9 Å². The van der Waals surface area contributed by atoms with Crippen LogP contribution in [-0.2, 0) is 0 Å². The summed E-state index contributed by atoms with van der Waals surface area (Å²) in [5, 5.41) is 0. The minimum atomic E-state index is 0.210. The van der Waals surface area contributed by atoms with Crippen LogP contribution in [0.2, 0.25) is 0 Å². The van der Waals surface area contributed by atoms with Gasteiger partial charge >= 0.3 is 0 Å². The zero-order chi connectivity index (χ0) is 18.1. The van der Waals surface area contributed by atoms with Crippen molar-refractivity contribution in [1.82, 2.24) is 0 Å². The Kier molecular flexibility index (Phi) is 2.63. The molecule has 0 heterocycles. The second kappa shape index (κ2) is 4.24. The van der Waals surface area contributed by atoms with Gasteiger partial charge in [0.05, 0.1) is 0 Å². The zero-order valence-electron chi connectivity index (χ0n) is 16.8. The minimum absolute atomic E-state index is 0.210. The van der Waals surface area contributed by atoms with Gasteiger partial charge in [-0.15, -0.1) is 12.8 Å². The Labute approximate surface area is 160 Å². The minimum Gasteiger partial charge on any atom is -0.120 e. The van der Waals surface area contributed by atoms with Crippen LogP contribution < -0.4 is 0 Å². The molecule has 0 spiro atoms. The van der Waals surface area contributed by atoms with Crippen molar-refractivity contribution in [3.05, 3.63) is 0 Å². The van der Waals surface area contributed by atoms with Crippen molar-refractivity contribution in [3.8, 4) is 24.7 Å². The van der Waals surface area contributed by atoms with Crippen LogP contribution in [0.3, 0.4) is 0 Å². The van der Waals surface area contributed by atoms with Crippen LogP contribution in [0, 0.1) is 69.0 Å². The summed E-state index contributed by atoms with van der Waals surface area (Å²) in [6.07, 6.45) is 29.1. The van der Waals surface area contributed by atoms with E-state index in [0.717, 1.165) is 11.8 Å². The highest BCUT2D eigenvalue weighted by atomic mass is 14.8. The van der Waals surface area contributed by atoms with Crippen LogP contribution in [0.15, 0.2) is 0 Å². The summed E-state index contributed by atoms with van der Waals surface area (Å²) in [5.41, 5.74) is 2.41. The zero-order valence-corrected chi connectivity index (χ0v) is 16.8. The molecule has 8 unspecified atom stereocenters. The van der Waals surface area contributed by atoms with Crippen molar-refractivity contribution in [2.45, 2.75) is 90.9 Å². The second-order valence-electron chi connectivity index (χ2n) is 13.0. The molecule has 26 heavy (non-hydrogen) atoms. The van der Waals surface area contributed by atoms with Crippen LogP contribution in [-0.4, -0.2) is 0 Å². The van der Waals surface area contributed by atoms with Crippen molar-refractivity contribution >= 4 is 0 Å². The molecule has 8 aliphatic rings. The van der Waals surface area contributed by atoms with Crippen molar-refractivity contribution < 1.29 is 0 Å². The van der Waals surface area contributed by atoms with Gasteiger partial charge in [-0.3, -0.25) is 0 Å². The Morgan fingerprint density at radius 2 is 1.00 bits per heavy atom. The summed E-state index contributed by atoms with van der Waals surface area (Å²) in [4.78, 5) is 0. The molecular formula is C26H34. The van der Waals surface area contributed by atoms with E-state index in [1.54, 1.807) is 0 Å². The molecule has 0 aromatic rings. The fourth-order valence-corrected chi connectivity index (χ4v) is 11.3. The first-order chi connectivity index (χ1) is 12.2. The van der Waals surface area contributed by atoms with E-state index in [1.807, 2.05) is 0 Å². The van der Waals surface area contributed by atoms with Gasteiger partial charge in [0.25, 0.3) is 0 Å². The van der Waals surface area contributed by atoms with Gasteiger partial charge in [-0.25, -0.2) is 0 Å². The topological polar surface area (TPSA) is 0 Å². The fraction of sp³-hybridized carbons (Fsp3) is 0.846. The van der Waals surface area contributed by atoms with E-state index in [1.165, 1.54) is 77.0 Å². The molecule has 8 fully saturated rings. The second-order valence-corrected chi connectivity index (χ2v) is 13.0. The van der Waals surface area contributed by atoms with Gasteiger partial charge in [0, 0.05) is 10.8 Å². The standard InChI is InChI=1S/C26H34/c1-5-23-9-19-7-21(3,13-23)15-25(11-19,17-23)26-12-20-8-22(4,16-26)14-24(6-2,10-20)18-26/h1-2,19-20H,7-18H2,3-4H3. The molecule has 8 saturated carbocycles. The molecule has 0 saturated heterocycles. The molecule has 0 aliphatic heterocycles. The maximum Gasteiger partial charge on any atom is 0.0325 e. The first-order valence-electron chi connectivity index (χ1n) is 11.1. The predicted octanol–water partition coefficient (Wildman–Crippen LogP) is 6.21. The molecule has 8 rings (SSSR count). The Balaban J connectivity index is 1.51. The third-order valence-corrected chi connectivity index (χ3v) is 10.4. The Morgan fingerprint density at radius 3 is 1.35 bits per heavy atom. The van der Waals surface area contributed by atoms with Gasteiger partial charge in [0.1, 0.15) is 0 Å². The normalized spacial score (nSPS) is 64.3. The van der Waals surface area contributed by atoms with Crippen LogP contribution in [0.5, 0.6) is 0 Å². The van der Waals surface area contributed by atoms with Crippen LogP contribution >= 0.6 is 0 Å². The van der Waals surface area contributed by atoms with Gasteiger partial charge in [-0.1, -0.05) is 25.7 Å². The summed E-state index contributed by atoms with van der Waals surface area (Å²) in [6, 6.07) is 0. The van der Waals surface area contributed by atoms with E-state index in [0.29, 0.717) is 21.7 Å². The van der Waals surface area contributed by atoms with E-state index in [4.69, 9.17) is 12.8 Å². The largest absolute Gasteiger partial charge is 0.120 e. The smallest absolute Gasteiger partial charge is 0.0325 e. The number of rotatable bonds is 1. The molecule has 0 amide bonds. The Bertz CT molecular complexity index is 713. The van der Waals surface area contributed by atoms with E-state index in [-0.39, 0.29) is 10.8 Å². The third kappa shape index (κ3) is 1.76. The summed E-state index contributed by atoms with van der Waals surface area (Å²) in [7, 11) is 0. The molecule has 138 valence electrons. The van der Waals surface area contributed by atoms with E-state index >= 15 is 0 Å². The molecule has 0 nitrogen and oxygen atoms in total. The van der Waals surface area contributed by atoms with Gasteiger partial charge in [-0.2, -0.15) is 0 Å². The first kappa shape index (κ1) is 16.1. The van der Waals surface area contributed by atoms with Gasteiger partial charge in [0.15, 0.2) is 0 Å². The lowest BCUT2D eigenvalue weighted by atomic mass is 9.28. The number of hydrogen-bond donors (Lipinski definition) is 0. The van der Waals surface area contributed by atoms with Gasteiger partial charge < -0.3 is 0 Å². The highest BCUT2D eigenvalue weighted by Gasteiger charge is 2.72. The third-order valence-electron chi connectivity index (χ3n) is 10.4. The van der Waals surface area contributed by atoms with E-state index < -0.39 is 0 Å². The lowest BCUT2D eigenvalue weighted by Crippen LogP contribution is -2.67. The first-order valence-corrected chi connectivity index (χ1v) is 11.1. The number of terminal acetylenes is 2. The molecule has 8 bridgehead atoms. The maximum atomic E-state index is 6.23. The summed E-state index contributed by atoms with van der Waals surface area (Å²) in [6.45, 7) is 5.16. The maximum absolute atomic E-state index is 6.23. The molecular weight excluding hydrogens is 312 g/mol. The van der Waals surface area contributed by atoms with Crippen molar-refractivity contribution in [2.75, 3.05) is 0 Å². The molecule has 0 aromatic carbocycles. The molecule has 0 heteroatoms. The number of hydrogen-bond acceptors (Lipinski definition) is 0. The van der Waals surface area contributed by atoms with Crippen LogP contribution in [0.25, 0.3) is 0 Å². The average molecular weight is 347 g/mol. The van der Waals surface area contributed by atoms with Crippen molar-refractivity contribution in [1.29, 1.82) is 0 Å². The lowest BCUT2D eigenvalue weighted by Gasteiger charge is -2.76. The predicted molar refractivity (Wildman–Crippen MR) is 106 cm³/mol. The molecule has 0 aromatic heterocycles. The van der Waals surface area contributed by atoms with Crippen molar-refractivity contribution in [2.24, 2.45) is 44.3 Å². The molecule has 8 aliphatic carbocycles. The van der Waals surface area contributed by atoms with Crippen LogP contribution in [0.4, 0.5) is 0 Å². The summed E-state index contributed by atoms with van der Waals surface area (Å²) < 4.78 is 0. The molecule has 0 N–H and O–H groups in total. The van der Waals surface area contributed by atoms with E-state index in [9.17, 15) is 0 Å². The highest BCUT2D eigenvalue weighted by Crippen LogP contribution is 2.81. The molecule has 8 atom stereocenters. The monoisotopic (exact) mass is 346 g/mol. The summed E-state index contributed by atoms with van der Waals surface area (Å²) in [5.74, 6) is 8.54. The lowest BCUT2D eigenvalue weighted by molar-refractivity contribution is -0.253. The average Bonchev–Trinajstić information content (AvgIpc) is 2.50. The quantitative estimate of drug-likeness (QED) is 0.495. The van der Waals surface area contributed by atoms with E-state index in [2.05, 4.69) is 25.7 Å². The fourth-order valence-electron chi connectivity index (χ4n) is 11.3. The van der Waals surface area contributed by atoms with Gasteiger partial charge in [0.2, 0.25) is 0 Å². The summed E-state index contributed by atoms with van der Waals surface area (Å²) >= 11 is 0. The Hall–Kier alpha value is -0.880. The SMILES string of the molecule is C#CC12CC3CC(C)(C1)CC(C14CC5CC(C)(CC(C#C)(C5)C1)C4)(C3)C2. The van der Waals surface area contributed by atoms with Crippen molar-refractivity contribution in [3.63, 3.8) is 0 Å². The Morgan fingerprint density at radius 1 is 0.577 bits per heavy atom. The highest BCUT2D eigenvalue weighted by molar-refractivity contribution is 5.29. The van der Waals surface area contributed by atoms with Gasteiger partial charge in [-0.05, 0) is 111 Å². The molecule has 0 radical (unpaired) electrons.